The molecule has 0 saturated carbocycles. The Morgan fingerprint density at radius 2 is 1.82 bits per heavy atom. The van der Waals surface area contributed by atoms with Crippen LogP contribution >= 0.6 is 11.6 Å². The summed E-state index contributed by atoms with van der Waals surface area (Å²) in [6, 6.07) is 7.42. The van der Waals surface area contributed by atoms with E-state index in [1.807, 2.05) is 24.3 Å². The van der Waals surface area contributed by atoms with Gasteiger partial charge in [0, 0.05) is 22.0 Å². The van der Waals surface area contributed by atoms with Gasteiger partial charge in [-0.1, -0.05) is 11.6 Å². The number of carbonyl (C=O) groups excluding carboxylic acids is 1. The van der Waals surface area contributed by atoms with E-state index in [0.717, 1.165) is 42.6 Å². The van der Waals surface area contributed by atoms with Gasteiger partial charge in [-0.05, 0) is 49.9 Å². The molecule has 0 aromatic heterocycles. The Hall–Kier alpha value is -1.48. The highest BCUT2D eigenvalue weighted by Gasteiger charge is 2.16. The number of hydrogen-bond acceptors (Lipinski definition) is 2. The van der Waals surface area contributed by atoms with Gasteiger partial charge in [0.15, 0.2) is 0 Å². The molecule has 3 N–H and O–H groups in total. The summed E-state index contributed by atoms with van der Waals surface area (Å²) >= 11 is 5.82. The Kier molecular flexibility index (Phi) is 3.69. The summed E-state index contributed by atoms with van der Waals surface area (Å²) in [5, 5.41) is 3.96. The molecule has 0 radical (unpaired) electrons. The van der Waals surface area contributed by atoms with Gasteiger partial charge in [-0.2, -0.15) is 0 Å². The fraction of sp³-hybridized carbons (Fsp3) is 0.308. The van der Waals surface area contributed by atoms with E-state index in [0.29, 0.717) is 5.02 Å². The largest absolute Gasteiger partial charge is 0.366 e. The summed E-state index contributed by atoms with van der Waals surface area (Å²) in [5.41, 5.74) is 7.99. The van der Waals surface area contributed by atoms with Crippen molar-refractivity contribution in [1.29, 1.82) is 0 Å². The van der Waals surface area contributed by atoms with Crippen LogP contribution in [0.2, 0.25) is 5.02 Å². The van der Waals surface area contributed by atoms with Crippen molar-refractivity contribution >= 4 is 23.2 Å². The molecule has 1 amide bonds. The second-order valence-corrected chi connectivity index (χ2v) is 4.60. The molecule has 90 valence electrons. The minimum absolute atomic E-state index is 0.318. The topological polar surface area (TPSA) is 55.1 Å². The Balaban J connectivity index is 2.21. The number of amides is 1. The van der Waals surface area contributed by atoms with Crippen LogP contribution in [-0.2, 0) is 4.79 Å². The molecule has 0 heterocycles. The van der Waals surface area contributed by atoms with Gasteiger partial charge in [0.1, 0.15) is 0 Å². The molecule has 17 heavy (non-hydrogen) atoms. The predicted octanol–water partition coefficient (Wildman–Crippen LogP) is 3.07. The first kappa shape index (κ1) is 12.0. The van der Waals surface area contributed by atoms with E-state index in [2.05, 4.69) is 5.32 Å². The maximum atomic E-state index is 11.3. The summed E-state index contributed by atoms with van der Waals surface area (Å²) in [7, 11) is 0. The summed E-state index contributed by atoms with van der Waals surface area (Å²) in [6.07, 6.45) is 3.77. The first-order valence-corrected chi connectivity index (χ1v) is 6.09. The number of allylic oxidation sites excluding steroid dienone is 1. The molecule has 0 unspecified atom stereocenters. The van der Waals surface area contributed by atoms with Crippen molar-refractivity contribution < 1.29 is 4.79 Å². The van der Waals surface area contributed by atoms with Gasteiger partial charge in [0.2, 0.25) is 5.91 Å². The molecule has 0 aliphatic heterocycles. The van der Waals surface area contributed by atoms with Crippen molar-refractivity contribution in [1.82, 2.24) is 0 Å². The smallest absolute Gasteiger partial charge is 0.246 e. The van der Waals surface area contributed by atoms with Crippen LogP contribution in [0.4, 0.5) is 5.69 Å². The Morgan fingerprint density at radius 3 is 2.47 bits per heavy atom. The lowest BCUT2D eigenvalue weighted by atomic mass is 9.95. The van der Waals surface area contributed by atoms with Gasteiger partial charge in [-0.15, -0.1) is 0 Å². The van der Waals surface area contributed by atoms with E-state index >= 15 is 0 Å². The lowest BCUT2D eigenvalue weighted by Crippen LogP contribution is -2.21. The summed E-state index contributed by atoms with van der Waals surface area (Å²) in [4.78, 5) is 11.3. The molecule has 1 aromatic rings. The third-order valence-corrected chi connectivity index (χ3v) is 3.16. The van der Waals surface area contributed by atoms with Crippen molar-refractivity contribution in [3.8, 4) is 0 Å². The number of primary amides is 1. The van der Waals surface area contributed by atoms with Gasteiger partial charge in [0.25, 0.3) is 0 Å². The van der Waals surface area contributed by atoms with E-state index in [-0.39, 0.29) is 5.91 Å². The number of hydrogen-bond donors (Lipinski definition) is 2. The van der Waals surface area contributed by atoms with Crippen molar-refractivity contribution in [2.75, 3.05) is 5.32 Å². The lowest BCUT2D eigenvalue weighted by Gasteiger charge is -2.19. The first-order chi connectivity index (χ1) is 8.16. The lowest BCUT2D eigenvalue weighted by molar-refractivity contribution is -0.114. The minimum atomic E-state index is -0.318. The SMILES string of the molecule is NC(=O)C1=C(Nc2ccc(Cl)cc2)CCCC1. The van der Waals surface area contributed by atoms with Gasteiger partial charge < -0.3 is 11.1 Å². The molecule has 1 aromatic carbocycles. The average molecular weight is 251 g/mol. The third kappa shape index (κ3) is 3.01. The standard InChI is InChI=1S/C13H15ClN2O/c14-9-5-7-10(8-6-9)16-12-4-2-1-3-11(12)13(15)17/h5-8,16H,1-4H2,(H2,15,17). The number of anilines is 1. The molecule has 0 saturated heterocycles. The number of nitrogens with one attached hydrogen (secondary N) is 1. The highest BCUT2D eigenvalue weighted by atomic mass is 35.5. The Labute approximate surface area is 106 Å². The molecule has 4 heteroatoms. The number of benzene rings is 1. The molecule has 1 aliphatic carbocycles. The predicted molar refractivity (Wildman–Crippen MR) is 69.8 cm³/mol. The highest BCUT2D eigenvalue weighted by Crippen LogP contribution is 2.26. The number of carbonyl (C=O) groups is 1. The normalized spacial score (nSPS) is 15.8. The zero-order valence-corrected chi connectivity index (χ0v) is 10.3. The quantitative estimate of drug-likeness (QED) is 0.866. The fourth-order valence-corrected chi connectivity index (χ4v) is 2.15. The Bertz CT molecular complexity index is 451. The summed E-state index contributed by atoms with van der Waals surface area (Å²) < 4.78 is 0. The average Bonchev–Trinajstić information content (AvgIpc) is 2.32. The van der Waals surface area contributed by atoms with Crippen LogP contribution in [0.3, 0.4) is 0 Å². The zero-order valence-electron chi connectivity index (χ0n) is 9.50. The molecule has 0 bridgehead atoms. The molecule has 0 fully saturated rings. The van der Waals surface area contributed by atoms with E-state index in [1.54, 1.807) is 0 Å². The van der Waals surface area contributed by atoms with Crippen LogP contribution in [0.1, 0.15) is 25.7 Å². The van der Waals surface area contributed by atoms with Crippen molar-refractivity contribution in [3.05, 3.63) is 40.6 Å². The van der Waals surface area contributed by atoms with E-state index in [1.165, 1.54) is 0 Å². The van der Waals surface area contributed by atoms with Crippen LogP contribution < -0.4 is 11.1 Å². The molecule has 2 rings (SSSR count). The fourth-order valence-electron chi connectivity index (χ4n) is 2.02. The van der Waals surface area contributed by atoms with Gasteiger partial charge in [-0.25, -0.2) is 0 Å². The van der Waals surface area contributed by atoms with E-state index in [4.69, 9.17) is 17.3 Å². The van der Waals surface area contributed by atoms with Gasteiger partial charge >= 0.3 is 0 Å². The second-order valence-electron chi connectivity index (χ2n) is 4.16. The molecule has 0 atom stereocenters. The molecular weight excluding hydrogens is 236 g/mol. The monoisotopic (exact) mass is 250 g/mol. The van der Waals surface area contributed by atoms with Crippen LogP contribution in [0.25, 0.3) is 0 Å². The Morgan fingerprint density at radius 1 is 1.18 bits per heavy atom. The minimum Gasteiger partial charge on any atom is -0.366 e. The first-order valence-electron chi connectivity index (χ1n) is 5.71. The molecular formula is C13H15ClN2O. The number of halogens is 1. The van der Waals surface area contributed by atoms with Gasteiger partial charge in [-0.3, -0.25) is 4.79 Å². The van der Waals surface area contributed by atoms with Crippen LogP contribution in [-0.4, -0.2) is 5.91 Å². The highest BCUT2D eigenvalue weighted by molar-refractivity contribution is 6.30. The maximum Gasteiger partial charge on any atom is 0.246 e. The van der Waals surface area contributed by atoms with Crippen molar-refractivity contribution in [2.45, 2.75) is 25.7 Å². The zero-order chi connectivity index (χ0) is 12.3. The molecule has 1 aliphatic rings. The molecule has 0 spiro atoms. The third-order valence-electron chi connectivity index (χ3n) is 2.90. The number of nitrogens with two attached hydrogens (primary N) is 1. The molecule has 3 nitrogen and oxygen atoms in total. The van der Waals surface area contributed by atoms with E-state index < -0.39 is 0 Å². The van der Waals surface area contributed by atoms with Crippen molar-refractivity contribution in [3.63, 3.8) is 0 Å². The van der Waals surface area contributed by atoms with Gasteiger partial charge in [0.05, 0.1) is 0 Å². The van der Waals surface area contributed by atoms with Crippen molar-refractivity contribution in [2.24, 2.45) is 5.73 Å². The second kappa shape index (κ2) is 5.23. The summed E-state index contributed by atoms with van der Waals surface area (Å²) in [6.45, 7) is 0. The summed E-state index contributed by atoms with van der Waals surface area (Å²) in [5.74, 6) is -0.318. The van der Waals surface area contributed by atoms with E-state index in [9.17, 15) is 4.79 Å². The van der Waals surface area contributed by atoms with Crippen LogP contribution in [0.5, 0.6) is 0 Å². The van der Waals surface area contributed by atoms with Crippen LogP contribution in [0, 0.1) is 0 Å². The maximum absolute atomic E-state index is 11.3. The van der Waals surface area contributed by atoms with Crippen LogP contribution in [0.15, 0.2) is 35.5 Å². The number of rotatable bonds is 3.